The molecule has 3 rings (SSSR count). The number of thiocarbonyl (C=S) groups is 1. The lowest BCUT2D eigenvalue weighted by Gasteiger charge is -2.06. The van der Waals surface area contributed by atoms with Gasteiger partial charge in [-0.1, -0.05) is 58.0 Å². The molecule has 7 heteroatoms. The zero-order valence-corrected chi connectivity index (χ0v) is 15.4. The van der Waals surface area contributed by atoms with Gasteiger partial charge in [0.25, 0.3) is 5.91 Å². The van der Waals surface area contributed by atoms with Crippen LogP contribution in [0.5, 0.6) is 5.75 Å². The number of nitrogens with zero attached hydrogens (tertiary/aromatic N) is 2. The SMILES string of the molecule is O=C1C(=Cc2ccccc2)SC(=S)N1/N=C/c1cc(Br)ccc1O. The normalized spacial score (nSPS) is 16.5. The number of hydrogen-bond acceptors (Lipinski definition) is 5. The van der Waals surface area contributed by atoms with E-state index in [-0.39, 0.29) is 11.7 Å². The number of hydrazone groups is 1. The van der Waals surface area contributed by atoms with Crippen molar-refractivity contribution in [1.82, 2.24) is 5.01 Å². The number of rotatable bonds is 3. The van der Waals surface area contributed by atoms with Crippen LogP contribution in [0.25, 0.3) is 6.08 Å². The monoisotopic (exact) mass is 418 g/mol. The van der Waals surface area contributed by atoms with Gasteiger partial charge in [-0.05, 0) is 42.1 Å². The predicted octanol–water partition coefficient (Wildman–Crippen LogP) is 4.39. The molecule has 1 fully saturated rings. The largest absolute Gasteiger partial charge is 0.507 e. The minimum atomic E-state index is -0.278. The standard InChI is InChI=1S/C17H11BrN2O2S2/c18-13-6-7-14(21)12(9-13)10-19-20-16(22)15(24-17(20)23)8-11-4-2-1-3-5-11/h1-10,21H/b15-8?,19-10+. The first-order chi connectivity index (χ1) is 11.5. The molecule has 0 aliphatic carbocycles. The molecule has 1 aliphatic heterocycles. The maximum Gasteiger partial charge on any atom is 0.286 e. The molecule has 0 radical (unpaired) electrons. The van der Waals surface area contributed by atoms with Gasteiger partial charge in [0.15, 0.2) is 4.32 Å². The van der Waals surface area contributed by atoms with Gasteiger partial charge in [-0.25, -0.2) is 0 Å². The van der Waals surface area contributed by atoms with E-state index in [1.165, 1.54) is 18.0 Å². The summed E-state index contributed by atoms with van der Waals surface area (Å²) in [6.45, 7) is 0. The Kier molecular flexibility index (Phi) is 5.13. The minimum absolute atomic E-state index is 0.0761. The Labute approximate surface area is 157 Å². The van der Waals surface area contributed by atoms with Crippen LogP contribution in [-0.2, 0) is 4.79 Å². The van der Waals surface area contributed by atoms with Gasteiger partial charge in [0.1, 0.15) is 5.75 Å². The molecule has 0 spiro atoms. The molecule has 1 saturated heterocycles. The molecule has 0 aromatic heterocycles. The van der Waals surface area contributed by atoms with Crippen LogP contribution in [0.2, 0.25) is 0 Å². The first-order valence-electron chi connectivity index (χ1n) is 6.90. The molecule has 4 nitrogen and oxygen atoms in total. The van der Waals surface area contributed by atoms with Crippen LogP contribution in [0.4, 0.5) is 0 Å². The topological polar surface area (TPSA) is 52.9 Å². The second kappa shape index (κ2) is 7.29. The van der Waals surface area contributed by atoms with Gasteiger partial charge in [0.05, 0.1) is 11.1 Å². The van der Waals surface area contributed by atoms with Crippen LogP contribution >= 0.6 is 39.9 Å². The molecule has 1 aliphatic rings. The minimum Gasteiger partial charge on any atom is -0.507 e. The molecule has 1 amide bonds. The van der Waals surface area contributed by atoms with Gasteiger partial charge in [0.2, 0.25) is 0 Å². The summed E-state index contributed by atoms with van der Waals surface area (Å²) in [7, 11) is 0. The van der Waals surface area contributed by atoms with Gasteiger partial charge in [0, 0.05) is 10.0 Å². The van der Waals surface area contributed by atoms with Gasteiger partial charge in [-0.15, -0.1) is 0 Å². The Morgan fingerprint density at radius 1 is 1.21 bits per heavy atom. The summed E-state index contributed by atoms with van der Waals surface area (Å²) < 4.78 is 1.16. The van der Waals surface area contributed by atoms with E-state index in [1.807, 2.05) is 30.3 Å². The lowest BCUT2D eigenvalue weighted by Crippen LogP contribution is -2.22. The third kappa shape index (κ3) is 3.75. The third-order valence-corrected chi connectivity index (χ3v) is 4.95. The van der Waals surface area contributed by atoms with Crippen molar-refractivity contribution in [3.8, 4) is 5.75 Å². The molecule has 0 unspecified atom stereocenters. The Hall–Kier alpha value is -1.96. The van der Waals surface area contributed by atoms with Crippen LogP contribution in [0.3, 0.4) is 0 Å². The zero-order valence-electron chi connectivity index (χ0n) is 12.2. The van der Waals surface area contributed by atoms with Crippen molar-refractivity contribution in [3.63, 3.8) is 0 Å². The van der Waals surface area contributed by atoms with Gasteiger partial charge < -0.3 is 5.11 Å². The summed E-state index contributed by atoms with van der Waals surface area (Å²) in [6.07, 6.45) is 3.20. The van der Waals surface area contributed by atoms with E-state index in [0.29, 0.717) is 14.8 Å². The quantitative estimate of drug-likeness (QED) is 0.456. The van der Waals surface area contributed by atoms with E-state index in [9.17, 15) is 9.90 Å². The Bertz CT molecular complexity index is 866. The third-order valence-electron chi connectivity index (χ3n) is 3.17. The fraction of sp³-hybridized carbons (Fsp3) is 0. The highest BCUT2D eigenvalue weighted by atomic mass is 79.9. The van der Waals surface area contributed by atoms with Crippen molar-refractivity contribution in [2.24, 2.45) is 5.10 Å². The van der Waals surface area contributed by atoms with Crippen LogP contribution < -0.4 is 0 Å². The summed E-state index contributed by atoms with van der Waals surface area (Å²) in [6, 6.07) is 14.5. The fourth-order valence-electron chi connectivity index (χ4n) is 2.01. The summed E-state index contributed by atoms with van der Waals surface area (Å²) in [5.41, 5.74) is 1.41. The number of phenolic OH excluding ortho intramolecular Hbond substituents is 1. The van der Waals surface area contributed by atoms with Gasteiger partial charge >= 0.3 is 0 Å². The van der Waals surface area contributed by atoms with Crippen LogP contribution in [-0.4, -0.2) is 26.6 Å². The Morgan fingerprint density at radius 2 is 1.96 bits per heavy atom. The number of benzene rings is 2. The second-order valence-corrected chi connectivity index (χ2v) is 7.44. The number of amides is 1. The molecular formula is C17H11BrN2O2S2. The van der Waals surface area contributed by atoms with Gasteiger partial charge in [-0.3, -0.25) is 4.79 Å². The van der Waals surface area contributed by atoms with E-state index >= 15 is 0 Å². The number of halogens is 1. The number of carbonyl (C=O) groups excluding carboxylic acids is 1. The van der Waals surface area contributed by atoms with E-state index in [4.69, 9.17) is 12.2 Å². The summed E-state index contributed by atoms with van der Waals surface area (Å²) in [5.74, 6) is -0.202. The smallest absolute Gasteiger partial charge is 0.286 e. The molecule has 1 N–H and O–H groups in total. The summed E-state index contributed by atoms with van der Waals surface area (Å²) >= 11 is 9.76. The van der Waals surface area contributed by atoms with Crippen molar-refractivity contribution in [3.05, 3.63) is 69.0 Å². The van der Waals surface area contributed by atoms with Crippen molar-refractivity contribution in [1.29, 1.82) is 0 Å². The maximum atomic E-state index is 12.5. The van der Waals surface area contributed by atoms with E-state index < -0.39 is 0 Å². The number of carbonyl (C=O) groups is 1. The number of hydrogen-bond donors (Lipinski definition) is 1. The van der Waals surface area contributed by atoms with Crippen LogP contribution in [0, 0.1) is 0 Å². The molecule has 0 atom stereocenters. The number of phenols is 1. The van der Waals surface area contributed by atoms with Crippen LogP contribution in [0.15, 0.2) is 63.0 Å². The molecule has 120 valence electrons. The van der Waals surface area contributed by atoms with E-state index in [0.717, 1.165) is 15.0 Å². The Morgan fingerprint density at radius 3 is 2.71 bits per heavy atom. The average molecular weight is 419 g/mol. The molecular weight excluding hydrogens is 408 g/mol. The number of aromatic hydroxyl groups is 1. The second-order valence-electron chi connectivity index (χ2n) is 4.85. The molecule has 2 aromatic rings. The highest BCUT2D eigenvalue weighted by molar-refractivity contribution is 9.10. The first kappa shape index (κ1) is 16.9. The van der Waals surface area contributed by atoms with Crippen molar-refractivity contribution < 1.29 is 9.90 Å². The van der Waals surface area contributed by atoms with E-state index in [1.54, 1.807) is 24.3 Å². The van der Waals surface area contributed by atoms with Crippen molar-refractivity contribution in [2.75, 3.05) is 0 Å². The highest BCUT2D eigenvalue weighted by Gasteiger charge is 2.32. The molecule has 1 heterocycles. The maximum absolute atomic E-state index is 12.5. The summed E-state index contributed by atoms with van der Waals surface area (Å²) in [5, 5.41) is 15.1. The number of thioether (sulfide) groups is 1. The Balaban J connectivity index is 1.83. The van der Waals surface area contributed by atoms with Crippen molar-refractivity contribution >= 4 is 62.4 Å². The lowest BCUT2D eigenvalue weighted by molar-refractivity contribution is -0.122. The average Bonchev–Trinajstić information content (AvgIpc) is 2.83. The zero-order chi connectivity index (χ0) is 17.1. The fourth-order valence-corrected chi connectivity index (χ4v) is 3.56. The predicted molar refractivity (Wildman–Crippen MR) is 105 cm³/mol. The highest BCUT2D eigenvalue weighted by Crippen LogP contribution is 2.32. The van der Waals surface area contributed by atoms with Crippen molar-refractivity contribution in [2.45, 2.75) is 0 Å². The first-order valence-corrected chi connectivity index (χ1v) is 8.92. The molecule has 2 aromatic carbocycles. The van der Waals surface area contributed by atoms with E-state index in [2.05, 4.69) is 21.0 Å². The lowest BCUT2D eigenvalue weighted by atomic mass is 10.2. The van der Waals surface area contributed by atoms with Gasteiger partial charge in [-0.2, -0.15) is 10.1 Å². The summed E-state index contributed by atoms with van der Waals surface area (Å²) in [4.78, 5) is 13.0. The van der Waals surface area contributed by atoms with Crippen LogP contribution in [0.1, 0.15) is 11.1 Å². The molecule has 0 bridgehead atoms. The molecule has 0 saturated carbocycles. The molecule has 24 heavy (non-hydrogen) atoms.